The van der Waals surface area contributed by atoms with Gasteiger partial charge < -0.3 is 10.3 Å². The lowest BCUT2D eigenvalue weighted by Crippen LogP contribution is -2.45. The molecule has 2 aromatic carbocycles. The number of carbonyl (C=O) groups excluding carboxylic acids is 3. The molecule has 0 bridgehead atoms. The van der Waals surface area contributed by atoms with Crippen molar-refractivity contribution in [2.75, 3.05) is 5.32 Å². The molecule has 4 rings (SSSR count). The van der Waals surface area contributed by atoms with Gasteiger partial charge in [-0.1, -0.05) is 23.2 Å². The van der Waals surface area contributed by atoms with E-state index in [1.54, 1.807) is 12.1 Å². The average molecular weight is 431 g/mol. The van der Waals surface area contributed by atoms with Crippen LogP contribution in [-0.2, 0) is 4.79 Å². The number of rotatable bonds is 3. The molecule has 3 amide bonds. The van der Waals surface area contributed by atoms with Crippen molar-refractivity contribution < 1.29 is 14.4 Å². The summed E-state index contributed by atoms with van der Waals surface area (Å²) in [7, 11) is 0. The fraction of sp³-hybridized carbons (Fsp3) is 0.105. The average Bonchev–Trinajstić information content (AvgIpc) is 2.92. The van der Waals surface area contributed by atoms with E-state index >= 15 is 0 Å². The summed E-state index contributed by atoms with van der Waals surface area (Å²) in [6.45, 7) is 1.43. The van der Waals surface area contributed by atoms with Crippen LogP contribution in [0.5, 0.6) is 0 Å². The predicted molar refractivity (Wildman–Crippen MR) is 107 cm³/mol. The number of fused-ring (bicyclic) bond motifs is 2. The summed E-state index contributed by atoms with van der Waals surface area (Å²) in [6.07, 6.45) is 1.28. The van der Waals surface area contributed by atoms with Crippen molar-refractivity contribution in [1.29, 1.82) is 0 Å². The smallest absolute Gasteiger partial charge is 0.262 e. The van der Waals surface area contributed by atoms with Gasteiger partial charge in [0.2, 0.25) is 5.91 Å². The normalized spacial score (nSPS) is 14.2. The third-order valence-electron chi connectivity index (χ3n) is 4.63. The summed E-state index contributed by atoms with van der Waals surface area (Å²) < 4.78 is 0. The first kappa shape index (κ1) is 19.1. The van der Waals surface area contributed by atoms with Crippen molar-refractivity contribution in [3.8, 4) is 0 Å². The van der Waals surface area contributed by atoms with E-state index in [0.717, 1.165) is 4.90 Å². The Kier molecular flexibility index (Phi) is 4.60. The molecule has 29 heavy (non-hydrogen) atoms. The minimum absolute atomic E-state index is 0.0902. The highest BCUT2D eigenvalue weighted by Gasteiger charge is 2.41. The maximum Gasteiger partial charge on any atom is 0.262 e. The van der Waals surface area contributed by atoms with Crippen LogP contribution in [0.4, 0.5) is 5.69 Å². The van der Waals surface area contributed by atoms with Crippen LogP contribution in [0.3, 0.4) is 0 Å². The van der Waals surface area contributed by atoms with Crippen LogP contribution >= 0.6 is 23.2 Å². The second-order valence-corrected chi connectivity index (χ2v) is 7.24. The second kappa shape index (κ2) is 6.98. The minimum atomic E-state index is -1.11. The molecule has 2 heterocycles. The molecular formula is C19H12Cl2N4O4. The van der Waals surface area contributed by atoms with Gasteiger partial charge in [0.05, 0.1) is 38.4 Å². The van der Waals surface area contributed by atoms with Crippen LogP contribution in [0.15, 0.2) is 41.5 Å². The molecule has 1 aromatic heterocycles. The highest BCUT2D eigenvalue weighted by Crippen LogP contribution is 2.32. The molecule has 146 valence electrons. The summed E-state index contributed by atoms with van der Waals surface area (Å²) in [4.78, 5) is 57.2. The first-order chi connectivity index (χ1) is 13.8. The second-order valence-electron chi connectivity index (χ2n) is 6.42. The number of anilines is 1. The topological polar surface area (TPSA) is 112 Å². The number of amides is 3. The first-order valence-electron chi connectivity index (χ1n) is 8.43. The van der Waals surface area contributed by atoms with Gasteiger partial charge in [-0.05, 0) is 37.3 Å². The van der Waals surface area contributed by atoms with E-state index in [2.05, 4.69) is 15.3 Å². The van der Waals surface area contributed by atoms with Gasteiger partial charge in [-0.2, -0.15) is 0 Å². The number of imide groups is 1. The van der Waals surface area contributed by atoms with Gasteiger partial charge in [0.25, 0.3) is 17.4 Å². The summed E-state index contributed by atoms with van der Waals surface area (Å²) in [6, 6.07) is 6.13. The third-order valence-corrected chi connectivity index (χ3v) is 5.36. The van der Waals surface area contributed by atoms with Crippen molar-refractivity contribution in [1.82, 2.24) is 14.9 Å². The van der Waals surface area contributed by atoms with E-state index < -0.39 is 23.8 Å². The van der Waals surface area contributed by atoms with Crippen LogP contribution in [0.25, 0.3) is 10.9 Å². The number of carbonyl (C=O) groups is 3. The Labute approximate surface area is 173 Å². The van der Waals surface area contributed by atoms with Gasteiger partial charge in [0.15, 0.2) is 0 Å². The molecule has 1 unspecified atom stereocenters. The van der Waals surface area contributed by atoms with Crippen LogP contribution < -0.4 is 10.9 Å². The molecule has 1 atom stereocenters. The fourth-order valence-corrected chi connectivity index (χ4v) is 3.44. The quantitative estimate of drug-likeness (QED) is 0.620. The molecule has 0 saturated carbocycles. The Morgan fingerprint density at radius 2 is 1.69 bits per heavy atom. The zero-order valence-electron chi connectivity index (χ0n) is 14.8. The Balaban J connectivity index is 1.60. The minimum Gasteiger partial charge on any atom is -0.324 e. The van der Waals surface area contributed by atoms with E-state index in [1.807, 2.05) is 0 Å². The number of aromatic amines is 1. The lowest BCUT2D eigenvalue weighted by Gasteiger charge is -2.21. The number of hydrogen-bond acceptors (Lipinski definition) is 5. The summed E-state index contributed by atoms with van der Waals surface area (Å²) in [5, 5.41) is 3.18. The maximum absolute atomic E-state index is 12.7. The van der Waals surface area contributed by atoms with Crippen molar-refractivity contribution in [3.63, 3.8) is 0 Å². The van der Waals surface area contributed by atoms with Crippen LogP contribution in [0, 0.1) is 0 Å². The lowest BCUT2D eigenvalue weighted by molar-refractivity contribution is -0.119. The Morgan fingerprint density at radius 3 is 2.31 bits per heavy atom. The van der Waals surface area contributed by atoms with Gasteiger partial charge in [-0.25, -0.2) is 4.98 Å². The fourth-order valence-electron chi connectivity index (χ4n) is 3.11. The zero-order chi connectivity index (χ0) is 20.9. The van der Waals surface area contributed by atoms with E-state index in [4.69, 9.17) is 23.2 Å². The summed E-state index contributed by atoms with van der Waals surface area (Å²) in [5.74, 6) is -1.87. The molecule has 1 aliphatic heterocycles. The predicted octanol–water partition coefficient (Wildman–Crippen LogP) is 2.85. The van der Waals surface area contributed by atoms with Crippen molar-refractivity contribution in [2.24, 2.45) is 0 Å². The molecular weight excluding hydrogens is 419 g/mol. The number of aromatic nitrogens is 2. The van der Waals surface area contributed by atoms with Gasteiger partial charge in [-0.3, -0.25) is 24.1 Å². The molecule has 3 aromatic rings. The Hall–Kier alpha value is -3.23. The molecule has 0 radical (unpaired) electrons. The number of H-pyrrole nitrogens is 1. The molecule has 8 nitrogen and oxygen atoms in total. The van der Waals surface area contributed by atoms with Gasteiger partial charge in [0, 0.05) is 5.69 Å². The Morgan fingerprint density at radius 1 is 1.07 bits per heavy atom. The molecule has 10 heteroatoms. The number of benzene rings is 2. The number of nitrogens with zero attached hydrogens (tertiary/aromatic N) is 2. The van der Waals surface area contributed by atoms with Crippen molar-refractivity contribution >= 4 is 57.5 Å². The summed E-state index contributed by atoms with van der Waals surface area (Å²) in [5.41, 5.74) is 0.623. The number of halogens is 2. The van der Waals surface area contributed by atoms with Gasteiger partial charge in [0.1, 0.15) is 6.04 Å². The molecule has 0 aliphatic carbocycles. The molecule has 0 spiro atoms. The number of nitrogens with one attached hydrogen (secondary N) is 2. The highest BCUT2D eigenvalue weighted by atomic mass is 35.5. The Bertz CT molecular complexity index is 1230. The standard InChI is InChI=1S/C19H12Cl2N4O4/c1-8(25-18(28)10-5-13(20)14(21)6-11(10)19(25)29)16(26)24-9-2-3-15-12(4-9)17(27)23-7-22-15/h2-8H,1H3,(H,24,26)(H,22,23,27). The van der Waals surface area contributed by atoms with E-state index in [0.29, 0.717) is 16.6 Å². The SMILES string of the molecule is CC(C(=O)Nc1ccc2nc[nH]c(=O)c2c1)N1C(=O)c2cc(Cl)c(Cl)cc2C1=O. The molecule has 0 saturated heterocycles. The first-order valence-corrected chi connectivity index (χ1v) is 9.19. The number of hydrogen-bond donors (Lipinski definition) is 2. The molecule has 0 fully saturated rings. The largest absolute Gasteiger partial charge is 0.324 e. The zero-order valence-corrected chi connectivity index (χ0v) is 16.3. The molecule has 1 aliphatic rings. The van der Waals surface area contributed by atoms with Gasteiger partial charge in [-0.15, -0.1) is 0 Å². The molecule has 2 N–H and O–H groups in total. The van der Waals surface area contributed by atoms with E-state index in [9.17, 15) is 19.2 Å². The maximum atomic E-state index is 12.7. The summed E-state index contributed by atoms with van der Waals surface area (Å²) >= 11 is 11.9. The third kappa shape index (κ3) is 3.16. The van der Waals surface area contributed by atoms with Crippen LogP contribution in [0.1, 0.15) is 27.6 Å². The highest BCUT2D eigenvalue weighted by molar-refractivity contribution is 6.43. The van der Waals surface area contributed by atoms with E-state index in [-0.39, 0.29) is 26.7 Å². The lowest BCUT2D eigenvalue weighted by atomic mass is 10.1. The van der Waals surface area contributed by atoms with Crippen LogP contribution in [-0.4, -0.2) is 38.6 Å². The van der Waals surface area contributed by atoms with Crippen LogP contribution in [0.2, 0.25) is 10.0 Å². The van der Waals surface area contributed by atoms with Crippen molar-refractivity contribution in [3.05, 3.63) is 68.2 Å². The van der Waals surface area contributed by atoms with Gasteiger partial charge >= 0.3 is 0 Å². The van der Waals surface area contributed by atoms with E-state index in [1.165, 1.54) is 31.5 Å². The monoisotopic (exact) mass is 430 g/mol. The van der Waals surface area contributed by atoms with Crippen molar-refractivity contribution in [2.45, 2.75) is 13.0 Å².